The van der Waals surface area contributed by atoms with Crippen molar-refractivity contribution in [2.45, 2.75) is 78.8 Å². The van der Waals surface area contributed by atoms with Crippen LogP contribution in [-0.2, 0) is 18.8 Å². The average molecular weight is 334 g/mol. The van der Waals surface area contributed by atoms with Gasteiger partial charge in [-0.05, 0) is 65.3 Å². The molecule has 134 valence electrons. The van der Waals surface area contributed by atoms with Crippen LogP contribution in [-0.4, -0.2) is 30.9 Å². The number of esters is 1. The third-order valence-electron chi connectivity index (χ3n) is 5.57. The topological polar surface area (TPSA) is 44.8 Å². The van der Waals surface area contributed by atoms with E-state index in [-0.39, 0.29) is 29.7 Å². The fraction of sp³-hybridized carbons (Fsp3) is 0.737. The maximum Gasteiger partial charge on any atom is 0.458 e. The molecule has 1 atom stereocenters. The van der Waals surface area contributed by atoms with Crippen LogP contribution in [0.4, 0.5) is 0 Å². The third-order valence-corrected chi connectivity index (χ3v) is 5.57. The summed E-state index contributed by atoms with van der Waals surface area (Å²) < 4.78 is 17.4. The lowest BCUT2D eigenvalue weighted by atomic mass is 9.54. The first-order chi connectivity index (χ1) is 10.9. The van der Waals surface area contributed by atoms with E-state index in [0.29, 0.717) is 13.0 Å². The van der Waals surface area contributed by atoms with E-state index in [4.69, 9.17) is 14.0 Å². The van der Waals surface area contributed by atoms with Crippen molar-refractivity contribution >= 4 is 13.1 Å². The molecule has 0 spiro atoms. The Bertz CT molecular complexity index is 560. The second-order valence-electron chi connectivity index (χ2n) is 8.37. The average Bonchev–Trinajstić information content (AvgIpc) is 2.54. The molecule has 0 radical (unpaired) electrons. The summed E-state index contributed by atoms with van der Waals surface area (Å²) in [5, 5.41) is 0. The van der Waals surface area contributed by atoms with E-state index in [0.717, 1.165) is 23.9 Å². The van der Waals surface area contributed by atoms with Crippen molar-refractivity contribution in [1.29, 1.82) is 0 Å². The van der Waals surface area contributed by atoms with Gasteiger partial charge in [0.15, 0.2) is 0 Å². The molecule has 0 amide bonds. The van der Waals surface area contributed by atoms with Crippen LogP contribution in [0, 0.1) is 5.41 Å². The van der Waals surface area contributed by atoms with Gasteiger partial charge in [-0.25, -0.2) is 0 Å². The predicted molar refractivity (Wildman–Crippen MR) is 96.7 cm³/mol. The molecule has 1 unspecified atom stereocenters. The van der Waals surface area contributed by atoms with E-state index in [2.05, 4.69) is 41.2 Å². The van der Waals surface area contributed by atoms with Crippen LogP contribution in [0.1, 0.15) is 61.3 Å². The molecule has 1 fully saturated rings. The first kappa shape index (κ1) is 19.3. The lowest BCUT2D eigenvalue weighted by Gasteiger charge is -2.44. The first-order valence-electron chi connectivity index (χ1n) is 8.81. The highest BCUT2D eigenvalue weighted by molar-refractivity contribution is 6.45. The molecular formula is C19H31BO4. The van der Waals surface area contributed by atoms with Gasteiger partial charge in [0, 0.05) is 0 Å². The van der Waals surface area contributed by atoms with Gasteiger partial charge in [-0.2, -0.15) is 0 Å². The van der Waals surface area contributed by atoms with Gasteiger partial charge in [-0.3, -0.25) is 4.79 Å². The zero-order valence-corrected chi connectivity index (χ0v) is 16.2. The SMILES string of the molecule is C=C(C)C1=C(CC(=O)OCC)CC1(C)CB1OC(C)(C)C(C)(C)O1. The van der Waals surface area contributed by atoms with Gasteiger partial charge in [0.1, 0.15) is 0 Å². The van der Waals surface area contributed by atoms with E-state index >= 15 is 0 Å². The van der Waals surface area contributed by atoms with Crippen molar-refractivity contribution in [3.8, 4) is 0 Å². The molecule has 5 heteroatoms. The summed E-state index contributed by atoms with van der Waals surface area (Å²) >= 11 is 0. The Morgan fingerprint density at radius 1 is 1.21 bits per heavy atom. The lowest BCUT2D eigenvalue weighted by molar-refractivity contribution is -0.142. The molecule has 1 saturated heterocycles. The Labute approximate surface area is 146 Å². The van der Waals surface area contributed by atoms with Crippen molar-refractivity contribution in [2.24, 2.45) is 5.41 Å². The number of hydrogen-bond donors (Lipinski definition) is 0. The molecule has 1 aliphatic carbocycles. The minimum Gasteiger partial charge on any atom is -0.466 e. The lowest BCUT2D eigenvalue weighted by Crippen LogP contribution is -2.41. The summed E-state index contributed by atoms with van der Waals surface area (Å²) in [6.45, 7) is 18.8. The van der Waals surface area contributed by atoms with Gasteiger partial charge in [-0.15, -0.1) is 0 Å². The summed E-state index contributed by atoms with van der Waals surface area (Å²) in [4.78, 5) is 11.8. The molecule has 0 bridgehead atoms. The van der Waals surface area contributed by atoms with Gasteiger partial charge in [0.25, 0.3) is 0 Å². The predicted octanol–water partition coefficient (Wildman–Crippen LogP) is 4.31. The number of rotatable bonds is 6. The molecule has 4 nitrogen and oxygen atoms in total. The zero-order valence-electron chi connectivity index (χ0n) is 16.2. The molecule has 1 heterocycles. The van der Waals surface area contributed by atoms with Crippen LogP contribution in [0.2, 0.25) is 6.32 Å². The van der Waals surface area contributed by atoms with Gasteiger partial charge in [0.2, 0.25) is 0 Å². The highest BCUT2D eigenvalue weighted by Gasteiger charge is 2.54. The summed E-state index contributed by atoms with van der Waals surface area (Å²) in [6, 6.07) is 0. The quantitative estimate of drug-likeness (QED) is 0.536. The maximum atomic E-state index is 11.8. The van der Waals surface area contributed by atoms with E-state index in [9.17, 15) is 4.79 Å². The molecular weight excluding hydrogens is 303 g/mol. The monoisotopic (exact) mass is 334 g/mol. The van der Waals surface area contributed by atoms with Crippen LogP contribution in [0.25, 0.3) is 0 Å². The number of carbonyl (C=O) groups is 1. The number of ether oxygens (including phenoxy) is 1. The minimum atomic E-state index is -0.321. The summed E-state index contributed by atoms with van der Waals surface area (Å²) in [7, 11) is -0.238. The van der Waals surface area contributed by atoms with Crippen molar-refractivity contribution in [3.05, 3.63) is 23.3 Å². The van der Waals surface area contributed by atoms with Crippen molar-refractivity contribution < 1.29 is 18.8 Å². The number of hydrogen-bond acceptors (Lipinski definition) is 4. The molecule has 1 aliphatic heterocycles. The molecule has 0 saturated carbocycles. The van der Waals surface area contributed by atoms with Gasteiger partial charge in [0.05, 0.1) is 24.2 Å². The van der Waals surface area contributed by atoms with Crippen LogP contribution < -0.4 is 0 Å². The Balaban J connectivity index is 2.12. The molecule has 2 rings (SSSR count). The Kier molecular flexibility index (Phi) is 5.09. The highest BCUT2D eigenvalue weighted by atomic mass is 16.7. The van der Waals surface area contributed by atoms with E-state index in [1.54, 1.807) is 0 Å². The van der Waals surface area contributed by atoms with Crippen LogP contribution >= 0.6 is 0 Å². The summed E-state index contributed by atoms with van der Waals surface area (Å²) in [5.41, 5.74) is 2.64. The van der Waals surface area contributed by atoms with Crippen molar-refractivity contribution in [3.63, 3.8) is 0 Å². The number of allylic oxidation sites excluding steroid dienone is 2. The third kappa shape index (κ3) is 3.47. The van der Waals surface area contributed by atoms with Crippen LogP contribution in [0.3, 0.4) is 0 Å². The normalized spacial score (nSPS) is 27.9. The number of carbonyl (C=O) groups excluding carboxylic acids is 1. The van der Waals surface area contributed by atoms with Gasteiger partial charge in [-0.1, -0.05) is 24.6 Å². The fourth-order valence-electron chi connectivity index (χ4n) is 3.91. The van der Waals surface area contributed by atoms with Crippen LogP contribution in [0.15, 0.2) is 23.3 Å². The Morgan fingerprint density at radius 2 is 1.75 bits per heavy atom. The molecule has 0 aromatic rings. The van der Waals surface area contributed by atoms with E-state index in [1.165, 1.54) is 5.57 Å². The van der Waals surface area contributed by atoms with Crippen LogP contribution in [0.5, 0.6) is 0 Å². The highest BCUT2D eigenvalue weighted by Crippen LogP contribution is 2.55. The van der Waals surface area contributed by atoms with Crippen molar-refractivity contribution in [1.82, 2.24) is 0 Å². The first-order valence-corrected chi connectivity index (χ1v) is 8.81. The Morgan fingerprint density at radius 3 is 2.21 bits per heavy atom. The van der Waals surface area contributed by atoms with E-state index < -0.39 is 0 Å². The van der Waals surface area contributed by atoms with Gasteiger partial charge < -0.3 is 14.0 Å². The summed E-state index contributed by atoms with van der Waals surface area (Å²) in [6.07, 6.45) is 1.99. The maximum absolute atomic E-state index is 11.8. The largest absolute Gasteiger partial charge is 0.466 e. The molecule has 0 N–H and O–H groups in total. The Hall–Kier alpha value is -1.07. The fourth-order valence-corrected chi connectivity index (χ4v) is 3.91. The minimum absolute atomic E-state index is 0.0607. The molecule has 0 aromatic carbocycles. The molecule has 0 aromatic heterocycles. The second kappa shape index (κ2) is 6.34. The van der Waals surface area contributed by atoms with E-state index in [1.807, 2.05) is 13.8 Å². The van der Waals surface area contributed by atoms with Gasteiger partial charge >= 0.3 is 13.1 Å². The molecule has 2 aliphatic rings. The smallest absolute Gasteiger partial charge is 0.458 e. The summed E-state index contributed by atoms with van der Waals surface area (Å²) in [5.74, 6) is -0.163. The second-order valence-corrected chi connectivity index (χ2v) is 8.37. The standard InChI is InChI=1S/C19H31BO4/c1-9-22-15(21)10-14-11-19(8,16(14)13(2)3)12-20-23-17(4,5)18(6,7)24-20/h2,9-12H2,1,3-8H3. The zero-order chi connectivity index (χ0) is 18.3. The molecule has 24 heavy (non-hydrogen) atoms. The van der Waals surface area contributed by atoms with Crippen molar-refractivity contribution in [2.75, 3.05) is 6.61 Å².